The predicted molar refractivity (Wildman–Crippen MR) is 163 cm³/mol. The second-order valence-corrected chi connectivity index (χ2v) is 12.3. The molecule has 0 bridgehead atoms. The van der Waals surface area contributed by atoms with Crippen molar-refractivity contribution >= 4 is 39.1 Å². The summed E-state index contributed by atoms with van der Waals surface area (Å²) >= 11 is 6.01. The van der Waals surface area contributed by atoms with Crippen LogP contribution in [0.25, 0.3) is 0 Å². The van der Waals surface area contributed by atoms with E-state index in [0.717, 1.165) is 9.87 Å². The molecule has 0 aromatic heterocycles. The molecule has 0 spiro atoms. The zero-order valence-corrected chi connectivity index (χ0v) is 25.5. The molecule has 0 radical (unpaired) electrons. The van der Waals surface area contributed by atoms with E-state index in [0.29, 0.717) is 30.3 Å². The fourth-order valence-electron chi connectivity index (χ4n) is 4.26. The van der Waals surface area contributed by atoms with Gasteiger partial charge in [0.05, 0.1) is 17.2 Å². The number of benzene rings is 3. The van der Waals surface area contributed by atoms with Crippen LogP contribution in [0.3, 0.4) is 0 Å². The molecule has 0 aliphatic heterocycles. The number of hydrogen-bond donors (Lipinski definition) is 1. The van der Waals surface area contributed by atoms with Gasteiger partial charge in [-0.2, -0.15) is 0 Å². The lowest BCUT2D eigenvalue weighted by Gasteiger charge is -2.33. The van der Waals surface area contributed by atoms with Gasteiger partial charge in [0.25, 0.3) is 10.0 Å². The molecule has 1 N–H and O–H groups in total. The van der Waals surface area contributed by atoms with Crippen molar-refractivity contribution in [3.8, 4) is 5.75 Å². The largest absolute Gasteiger partial charge is 0.494 e. The first kappa shape index (κ1) is 32.0. The van der Waals surface area contributed by atoms with Gasteiger partial charge in [0.2, 0.25) is 11.8 Å². The van der Waals surface area contributed by atoms with E-state index in [1.165, 1.54) is 29.2 Å². The molecule has 2 amide bonds. The van der Waals surface area contributed by atoms with E-state index in [1.807, 2.05) is 58.0 Å². The Hall–Kier alpha value is -3.56. The maximum Gasteiger partial charge on any atom is 0.264 e. The number of halogens is 1. The van der Waals surface area contributed by atoms with Crippen LogP contribution in [-0.2, 0) is 26.2 Å². The molecule has 41 heavy (non-hydrogen) atoms. The zero-order valence-electron chi connectivity index (χ0n) is 23.9. The minimum absolute atomic E-state index is 0.0140. The Kier molecular flexibility index (Phi) is 11.6. The number of anilines is 1. The van der Waals surface area contributed by atoms with Crippen molar-refractivity contribution in [2.24, 2.45) is 5.92 Å². The molecular weight excluding hydrogens is 562 g/mol. The number of carbonyl (C=O) groups is 2. The predicted octanol–water partition coefficient (Wildman–Crippen LogP) is 5.51. The molecule has 220 valence electrons. The standard InChI is InChI=1S/C31H38ClN3O5S/c1-5-29(31(37)33-20-23(3)4)34(21-24-10-8-7-9-11-24)30(36)22-35(26-14-16-27(17-15-26)40-6-2)41(38,39)28-18-12-25(32)13-19-28/h7-19,23,29H,5-6,20-22H2,1-4H3,(H,33,37). The first-order chi connectivity index (χ1) is 19.6. The number of hydrogen-bond acceptors (Lipinski definition) is 5. The molecule has 0 heterocycles. The maximum absolute atomic E-state index is 14.1. The first-order valence-electron chi connectivity index (χ1n) is 13.7. The summed E-state index contributed by atoms with van der Waals surface area (Å²) in [5, 5.41) is 3.32. The van der Waals surface area contributed by atoms with Crippen molar-refractivity contribution in [2.45, 2.75) is 51.6 Å². The summed E-state index contributed by atoms with van der Waals surface area (Å²) in [6.07, 6.45) is 0.357. The average molecular weight is 600 g/mol. The molecule has 3 aromatic rings. The van der Waals surface area contributed by atoms with Crippen LogP contribution < -0.4 is 14.4 Å². The van der Waals surface area contributed by atoms with Crippen molar-refractivity contribution in [3.05, 3.63) is 89.4 Å². The van der Waals surface area contributed by atoms with E-state index in [9.17, 15) is 18.0 Å². The van der Waals surface area contributed by atoms with E-state index in [2.05, 4.69) is 5.32 Å². The minimum Gasteiger partial charge on any atom is -0.494 e. The number of rotatable bonds is 14. The fourth-order valence-corrected chi connectivity index (χ4v) is 5.80. The molecule has 1 atom stereocenters. The van der Waals surface area contributed by atoms with Crippen LogP contribution in [0, 0.1) is 5.92 Å². The average Bonchev–Trinajstić information content (AvgIpc) is 2.96. The highest BCUT2D eigenvalue weighted by molar-refractivity contribution is 7.92. The van der Waals surface area contributed by atoms with Crippen LogP contribution >= 0.6 is 11.6 Å². The van der Waals surface area contributed by atoms with Gasteiger partial charge in [0.1, 0.15) is 18.3 Å². The Morgan fingerprint density at radius 2 is 1.56 bits per heavy atom. The molecule has 3 rings (SSSR count). The van der Waals surface area contributed by atoms with Gasteiger partial charge in [0.15, 0.2) is 0 Å². The van der Waals surface area contributed by atoms with Gasteiger partial charge in [-0.05, 0) is 73.4 Å². The van der Waals surface area contributed by atoms with Crippen molar-refractivity contribution in [2.75, 3.05) is 24.0 Å². The van der Waals surface area contributed by atoms with E-state index >= 15 is 0 Å². The molecule has 0 saturated carbocycles. The molecular formula is C31H38ClN3O5S. The van der Waals surface area contributed by atoms with Gasteiger partial charge in [-0.3, -0.25) is 13.9 Å². The van der Waals surface area contributed by atoms with Gasteiger partial charge in [-0.25, -0.2) is 8.42 Å². The normalized spacial score (nSPS) is 12.0. The molecule has 0 aliphatic rings. The topological polar surface area (TPSA) is 96.0 Å². The van der Waals surface area contributed by atoms with Crippen molar-refractivity contribution < 1.29 is 22.7 Å². The van der Waals surface area contributed by atoms with Crippen molar-refractivity contribution in [1.29, 1.82) is 0 Å². The number of amides is 2. The lowest BCUT2D eigenvalue weighted by molar-refractivity contribution is -0.140. The molecule has 8 nitrogen and oxygen atoms in total. The number of sulfonamides is 1. The van der Waals surface area contributed by atoms with E-state index in [4.69, 9.17) is 16.3 Å². The number of nitrogens with one attached hydrogen (secondary N) is 1. The van der Waals surface area contributed by atoms with Crippen molar-refractivity contribution in [3.63, 3.8) is 0 Å². The van der Waals surface area contributed by atoms with Crippen molar-refractivity contribution in [1.82, 2.24) is 10.2 Å². The monoisotopic (exact) mass is 599 g/mol. The lowest BCUT2D eigenvalue weighted by Crippen LogP contribution is -2.52. The van der Waals surface area contributed by atoms with Crippen LogP contribution in [0.15, 0.2) is 83.8 Å². The molecule has 3 aromatic carbocycles. The SMILES string of the molecule is CCOc1ccc(N(CC(=O)N(Cc2ccccc2)C(CC)C(=O)NCC(C)C)S(=O)(=O)c2ccc(Cl)cc2)cc1. The molecule has 0 fully saturated rings. The molecule has 1 unspecified atom stereocenters. The van der Waals surface area contributed by atoms with Crippen LogP contribution in [0.1, 0.15) is 39.7 Å². The van der Waals surface area contributed by atoms with Crippen LogP contribution in [0.4, 0.5) is 5.69 Å². The summed E-state index contributed by atoms with van der Waals surface area (Å²) in [5.41, 5.74) is 1.11. The van der Waals surface area contributed by atoms with E-state index in [1.54, 1.807) is 24.3 Å². The van der Waals surface area contributed by atoms with Gasteiger partial charge < -0.3 is 15.0 Å². The lowest BCUT2D eigenvalue weighted by atomic mass is 10.1. The van der Waals surface area contributed by atoms with Gasteiger partial charge in [-0.15, -0.1) is 0 Å². The maximum atomic E-state index is 14.1. The zero-order chi connectivity index (χ0) is 30.0. The highest BCUT2D eigenvalue weighted by atomic mass is 35.5. The fraction of sp³-hybridized carbons (Fsp3) is 0.355. The minimum atomic E-state index is -4.19. The first-order valence-corrected chi connectivity index (χ1v) is 15.5. The van der Waals surface area contributed by atoms with Crippen LogP contribution in [-0.4, -0.2) is 50.9 Å². The Labute approximate surface area is 248 Å². The van der Waals surface area contributed by atoms with Crippen LogP contribution in [0.5, 0.6) is 5.75 Å². The second-order valence-electron chi connectivity index (χ2n) is 9.96. The highest BCUT2D eigenvalue weighted by Gasteiger charge is 2.33. The third-order valence-electron chi connectivity index (χ3n) is 6.38. The summed E-state index contributed by atoms with van der Waals surface area (Å²) in [4.78, 5) is 28.8. The summed E-state index contributed by atoms with van der Waals surface area (Å²) in [5.74, 6) is 0.0184. The Balaban J connectivity index is 2.03. The third kappa shape index (κ3) is 8.71. The van der Waals surface area contributed by atoms with Gasteiger partial charge >= 0.3 is 0 Å². The van der Waals surface area contributed by atoms with Gasteiger partial charge in [-0.1, -0.05) is 62.7 Å². The highest BCUT2D eigenvalue weighted by Crippen LogP contribution is 2.27. The van der Waals surface area contributed by atoms with Crippen LogP contribution in [0.2, 0.25) is 5.02 Å². The molecule has 0 aliphatic carbocycles. The second kappa shape index (κ2) is 14.9. The number of nitrogens with zero attached hydrogens (tertiary/aromatic N) is 2. The number of carbonyl (C=O) groups excluding carboxylic acids is 2. The van der Waals surface area contributed by atoms with Gasteiger partial charge in [0, 0.05) is 18.1 Å². The summed E-state index contributed by atoms with van der Waals surface area (Å²) < 4.78 is 34.4. The van der Waals surface area contributed by atoms with E-state index in [-0.39, 0.29) is 29.0 Å². The third-order valence-corrected chi connectivity index (χ3v) is 8.42. The quantitative estimate of drug-likeness (QED) is 0.263. The Morgan fingerprint density at radius 3 is 2.12 bits per heavy atom. The summed E-state index contributed by atoms with van der Waals surface area (Å²) in [6.45, 7) is 8.22. The smallest absolute Gasteiger partial charge is 0.264 e. The Bertz CT molecular complexity index is 1380. The Morgan fingerprint density at radius 1 is 0.927 bits per heavy atom. The van der Waals surface area contributed by atoms with E-state index < -0.39 is 28.5 Å². The summed E-state index contributed by atoms with van der Waals surface area (Å²) in [7, 11) is -4.19. The summed E-state index contributed by atoms with van der Waals surface area (Å²) in [6, 6.07) is 20.8. The molecule has 10 heteroatoms. The molecule has 0 saturated heterocycles. The number of ether oxygens (including phenoxy) is 1.